The van der Waals surface area contributed by atoms with Crippen LogP contribution in [0.4, 0.5) is 0 Å². The number of pyridine rings is 1. The predicted octanol–water partition coefficient (Wildman–Crippen LogP) is 5.33. The normalized spacial score (nSPS) is 10.6. The molecule has 2 rings (SSSR count). The molecule has 1 aromatic carbocycles. The summed E-state index contributed by atoms with van der Waals surface area (Å²) in [6, 6.07) is 5.30. The van der Waals surface area contributed by atoms with Crippen LogP contribution in [0.15, 0.2) is 24.4 Å². The van der Waals surface area contributed by atoms with Gasteiger partial charge in [0.05, 0.1) is 15.7 Å². The van der Waals surface area contributed by atoms with Gasteiger partial charge in [-0.3, -0.25) is 4.98 Å². The van der Waals surface area contributed by atoms with Gasteiger partial charge in [-0.25, -0.2) is 0 Å². The molecule has 0 spiro atoms. The van der Waals surface area contributed by atoms with Crippen LogP contribution in [0, 0.1) is 13.8 Å². The van der Waals surface area contributed by atoms with E-state index in [4.69, 9.17) is 34.8 Å². The van der Waals surface area contributed by atoms with Crippen molar-refractivity contribution >= 4 is 34.8 Å². The third-order valence-electron chi connectivity index (χ3n) is 2.64. The van der Waals surface area contributed by atoms with Gasteiger partial charge in [-0.2, -0.15) is 0 Å². The zero-order valence-corrected chi connectivity index (χ0v) is 11.7. The molecular weight excluding hydrogens is 277 g/mol. The average Bonchev–Trinajstić information content (AvgIpc) is 2.21. The highest BCUT2D eigenvalue weighted by atomic mass is 35.5. The molecule has 4 heteroatoms. The first-order valence-corrected chi connectivity index (χ1v) is 6.20. The highest BCUT2D eigenvalue weighted by Gasteiger charge is 2.11. The van der Waals surface area contributed by atoms with Crippen LogP contribution in [0.5, 0.6) is 0 Å². The van der Waals surface area contributed by atoms with Gasteiger partial charge in [0, 0.05) is 16.8 Å². The molecule has 0 fully saturated rings. The van der Waals surface area contributed by atoms with Crippen molar-refractivity contribution in [1.29, 1.82) is 0 Å². The van der Waals surface area contributed by atoms with Gasteiger partial charge in [0.2, 0.25) is 0 Å². The lowest BCUT2D eigenvalue weighted by Crippen LogP contribution is -1.90. The van der Waals surface area contributed by atoms with E-state index in [0.717, 1.165) is 22.4 Å². The van der Waals surface area contributed by atoms with Gasteiger partial charge in [0.1, 0.15) is 0 Å². The number of rotatable bonds is 1. The first-order valence-electron chi connectivity index (χ1n) is 5.07. The van der Waals surface area contributed by atoms with Gasteiger partial charge < -0.3 is 0 Å². The van der Waals surface area contributed by atoms with E-state index in [0.29, 0.717) is 15.1 Å². The van der Waals surface area contributed by atoms with Gasteiger partial charge in [-0.05, 0) is 43.2 Å². The Bertz CT molecular complexity index is 556. The molecular formula is C13H10Cl3N. The van der Waals surface area contributed by atoms with E-state index in [-0.39, 0.29) is 0 Å². The molecule has 1 nitrogen and oxygen atoms in total. The quantitative estimate of drug-likeness (QED) is 0.691. The van der Waals surface area contributed by atoms with Gasteiger partial charge >= 0.3 is 0 Å². The van der Waals surface area contributed by atoms with Crippen molar-refractivity contribution in [3.05, 3.63) is 50.6 Å². The minimum Gasteiger partial charge on any atom is -0.256 e. The number of hydrogen-bond acceptors (Lipinski definition) is 1. The lowest BCUT2D eigenvalue weighted by molar-refractivity contribution is 1.22. The second-order valence-corrected chi connectivity index (χ2v) is 5.15. The van der Waals surface area contributed by atoms with Crippen molar-refractivity contribution in [3.63, 3.8) is 0 Å². The molecule has 1 heterocycles. The Morgan fingerprint density at radius 1 is 0.882 bits per heavy atom. The maximum absolute atomic E-state index is 6.15. The Morgan fingerprint density at radius 2 is 1.47 bits per heavy atom. The standard InChI is InChI=1S/C13H10Cl3N/c1-7-3-12(17-6-8(7)2)13-10(15)4-9(14)5-11(13)16/h3-6H,1-2H3. The summed E-state index contributed by atoms with van der Waals surface area (Å²) < 4.78 is 0. The summed E-state index contributed by atoms with van der Waals surface area (Å²) in [5, 5.41) is 1.55. The Labute approximate surface area is 115 Å². The fourth-order valence-corrected chi connectivity index (χ4v) is 2.56. The van der Waals surface area contributed by atoms with Gasteiger partial charge in [-0.1, -0.05) is 34.8 Å². The first kappa shape index (κ1) is 12.7. The molecule has 0 unspecified atom stereocenters. The van der Waals surface area contributed by atoms with Crippen molar-refractivity contribution < 1.29 is 0 Å². The van der Waals surface area contributed by atoms with Crippen molar-refractivity contribution in [1.82, 2.24) is 4.98 Å². The van der Waals surface area contributed by atoms with Gasteiger partial charge in [0.25, 0.3) is 0 Å². The van der Waals surface area contributed by atoms with Gasteiger partial charge in [0.15, 0.2) is 0 Å². The van der Waals surface area contributed by atoms with E-state index in [2.05, 4.69) is 4.98 Å². The highest BCUT2D eigenvalue weighted by molar-refractivity contribution is 6.41. The maximum Gasteiger partial charge on any atom is 0.0734 e. The Kier molecular flexibility index (Phi) is 3.62. The van der Waals surface area contributed by atoms with Crippen LogP contribution in [-0.4, -0.2) is 4.98 Å². The van der Waals surface area contributed by atoms with E-state index >= 15 is 0 Å². The molecule has 0 aliphatic carbocycles. The molecule has 17 heavy (non-hydrogen) atoms. The molecule has 88 valence electrons. The molecule has 0 aliphatic heterocycles. The molecule has 0 N–H and O–H groups in total. The topological polar surface area (TPSA) is 12.9 Å². The summed E-state index contributed by atoms with van der Waals surface area (Å²) in [7, 11) is 0. The number of aromatic nitrogens is 1. The summed E-state index contributed by atoms with van der Waals surface area (Å²) in [6.07, 6.45) is 1.81. The smallest absolute Gasteiger partial charge is 0.0734 e. The van der Waals surface area contributed by atoms with E-state index in [1.807, 2.05) is 26.1 Å². The summed E-state index contributed by atoms with van der Waals surface area (Å²) in [5.74, 6) is 0. The van der Waals surface area contributed by atoms with Crippen molar-refractivity contribution in [2.45, 2.75) is 13.8 Å². The highest BCUT2D eigenvalue weighted by Crippen LogP contribution is 2.36. The molecule has 0 saturated heterocycles. The van der Waals surface area contributed by atoms with Crippen LogP contribution >= 0.6 is 34.8 Å². The molecule has 0 radical (unpaired) electrons. The molecule has 0 aliphatic rings. The minimum atomic E-state index is 0.512. The maximum atomic E-state index is 6.15. The summed E-state index contributed by atoms with van der Waals surface area (Å²) >= 11 is 18.2. The lowest BCUT2D eigenvalue weighted by atomic mass is 10.1. The largest absolute Gasteiger partial charge is 0.256 e. The summed E-state index contributed by atoms with van der Waals surface area (Å²) in [5.41, 5.74) is 3.77. The molecule has 2 aromatic rings. The molecule has 0 saturated carbocycles. The monoisotopic (exact) mass is 285 g/mol. The van der Waals surface area contributed by atoms with E-state index in [1.165, 1.54) is 0 Å². The van der Waals surface area contributed by atoms with Crippen LogP contribution in [0.1, 0.15) is 11.1 Å². The number of benzene rings is 1. The molecule has 0 bridgehead atoms. The van der Waals surface area contributed by atoms with Crippen molar-refractivity contribution in [2.24, 2.45) is 0 Å². The van der Waals surface area contributed by atoms with Crippen LogP contribution in [0.2, 0.25) is 15.1 Å². The van der Waals surface area contributed by atoms with E-state index in [9.17, 15) is 0 Å². The van der Waals surface area contributed by atoms with Crippen LogP contribution < -0.4 is 0 Å². The molecule has 0 amide bonds. The zero-order valence-electron chi connectivity index (χ0n) is 9.39. The summed E-state index contributed by atoms with van der Waals surface area (Å²) in [4.78, 5) is 4.35. The van der Waals surface area contributed by atoms with E-state index < -0.39 is 0 Å². The average molecular weight is 287 g/mol. The zero-order chi connectivity index (χ0) is 12.6. The number of aryl methyl sites for hydroxylation is 2. The second kappa shape index (κ2) is 4.85. The van der Waals surface area contributed by atoms with E-state index in [1.54, 1.807) is 12.1 Å². The van der Waals surface area contributed by atoms with Crippen molar-refractivity contribution in [3.8, 4) is 11.3 Å². The molecule has 1 aromatic heterocycles. The van der Waals surface area contributed by atoms with Gasteiger partial charge in [-0.15, -0.1) is 0 Å². The Morgan fingerprint density at radius 3 is 2.00 bits per heavy atom. The number of hydrogen-bond donors (Lipinski definition) is 0. The number of nitrogens with zero attached hydrogens (tertiary/aromatic N) is 1. The first-order chi connectivity index (χ1) is 7.99. The number of halogens is 3. The third kappa shape index (κ3) is 2.57. The van der Waals surface area contributed by atoms with Crippen molar-refractivity contribution in [2.75, 3.05) is 0 Å². The SMILES string of the molecule is Cc1cnc(-c2c(Cl)cc(Cl)cc2Cl)cc1C. The third-order valence-corrected chi connectivity index (χ3v) is 3.45. The Balaban J connectivity index is 2.64. The minimum absolute atomic E-state index is 0.512. The Hall–Kier alpha value is -0.760. The van der Waals surface area contributed by atoms with Crippen LogP contribution in [-0.2, 0) is 0 Å². The lowest BCUT2D eigenvalue weighted by Gasteiger charge is -2.09. The predicted molar refractivity (Wildman–Crippen MR) is 74.2 cm³/mol. The fraction of sp³-hybridized carbons (Fsp3) is 0.154. The fourth-order valence-electron chi connectivity index (χ4n) is 1.55. The molecule has 0 atom stereocenters. The summed E-state index contributed by atoms with van der Waals surface area (Å²) in [6.45, 7) is 4.04. The van der Waals surface area contributed by atoms with Crippen LogP contribution in [0.25, 0.3) is 11.3 Å². The van der Waals surface area contributed by atoms with Crippen LogP contribution in [0.3, 0.4) is 0 Å². The second-order valence-electron chi connectivity index (χ2n) is 3.90.